The zero-order valence-corrected chi connectivity index (χ0v) is 20.4. The second kappa shape index (κ2) is 9.75. The van der Waals surface area contributed by atoms with Gasteiger partial charge < -0.3 is 14.0 Å². The normalized spacial score (nSPS) is 14.3. The first-order valence-electron chi connectivity index (χ1n) is 11.2. The lowest BCUT2D eigenvalue weighted by molar-refractivity contribution is 0.0512. The molecule has 1 aliphatic rings. The predicted molar refractivity (Wildman–Crippen MR) is 126 cm³/mol. The molecule has 8 heteroatoms. The molecule has 0 saturated carbocycles. The van der Waals surface area contributed by atoms with Crippen LogP contribution in [0.25, 0.3) is 22.0 Å². The zero-order valence-electron chi connectivity index (χ0n) is 18.8. The van der Waals surface area contributed by atoms with Gasteiger partial charge in [-0.05, 0) is 57.2 Å². The van der Waals surface area contributed by atoms with E-state index < -0.39 is 0 Å². The number of ether oxygens (including phenoxy) is 2. The van der Waals surface area contributed by atoms with Crippen LogP contribution in [0.1, 0.15) is 53.6 Å². The molecule has 3 heterocycles. The van der Waals surface area contributed by atoms with Gasteiger partial charge in [0, 0.05) is 42.0 Å². The highest BCUT2D eigenvalue weighted by molar-refractivity contribution is 9.09. The van der Waals surface area contributed by atoms with E-state index in [4.69, 9.17) is 9.47 Å². The number of benzene rings is 1. The van der Waals surface area contributed by atoms with Gasteiger partial charge >= 0.3 is 5.97 Å². The summed E-state index contributed by atoms with van der Waals surface area (Å²) in [6.45, 7) is 5.54. The second-order valence-electron chi connectivity index (χ2n) is 8.10. The number of rotatable bonds is 5. The van der Waals surface area contributed by atoms with Gasteiger partial charge in [-0.25, -0.2) is 9.18 Å². The fraction of sp³-hybridized carbons (Fsp3) is 0.500. The van der Waals surface area contributed by atoms with Crippen LogP contribution in [-0.2, 0) is 36.1 Å². The summed E-state index contributed by atoms with van der Waals surface area (Å²) in [6, 6.07) is 3.31. The Bertz CT molecular complexity index is 1150. The third-order valence-corrected chi connectivity index (χ3v) is 6.62. The molecule has 0 amide bonds. The average molecular weight is 506 g/mol. The molecule has 0 aliphatic carbocycles. The fourth-order valence-electron chi connectivity index (χ4n) is 4.72. The van der Waals surface area contributed by atoms with Crippen molar-refractivity contribution in [2.24, 2.45) is 7.05 Å². The van der Waals surface area contributed by atoms with Crippen molar-refractivity contribution in [2.45, 2.75) is 52.7 Å². The number of fused-ring (bicyclic) bond motifs is 2. The first-order chi connectivity index (χ1) is 15.5. The number of alkyl halides is 1. The van der Waals surface area contributed by atoms with Gasteiger partial charge in [0.05, 0.1) is 30.1 Å². The zero-order chi connectivity index (χ0) is 22.8. The average Bonchev–Trinajstić information content (AvgIpc) is 3.20. The number of nitrogens with zero attached hydrogens (tertiary/aromatic N) is 3. The van der Waals surface area contributed by atoms with E-state index in [0.29, 0.717) is 44.0 Å². The van der Waals surface area contributed by atoms with Crippen LogP contribution in [0.15, 0.2) is 12.1 Å². The topological polar surface area (TPSA) is 58.3 Å². The molecule has 0 saturated heterocycles. The van der Waals surface area contributed by atoms with Crippen LogP contribution in [0.2, 0.25) is 0 Å². The smallest absolute Gasteiger partial charge is 0.355 e. The van der Waals surface area contributed by atoms with Gasteiger partial charge in [-0.3, -0.25) is 4.68 Å². The summed E-state index contributed by atoms with van der Waals surface area (Å²) in [6.07, 6.45) is 3.23. The van der Waals surface area contributed by atoms with Gasteiger partial charge in [-0.1, -0.05) is 15.9 Å². The Morgan fingerprint density at radius 3 is 2.88 bits per heavy atom. The lowest BCUT2D eigenvalue weighted by Crippen LogP contribution is -2.15. The van der Waals surface area contributed by atoms with Crippen molar-refractivity contribution < 1.29 is 18.7 Å². The minimum Gasteiger partial charge on any atom is -0.461 e. The fourth-order valence-corrected chi connectivity index (χ4v) is 5.00. The maximum atomic E-state index is 15.6. The Labute approximate surface area is 195 Å². The molecule has 3 aromatic rings. The quantitative estimate of drug-likeness (QED) is 0.348. The van der Waals surface area contributed by atoms with Crippen molar-refractivity contribution in [3.05, 3.63) is 40.6 Å². The SMILES string of the molecule is CCOC(=O)c1c(CCCBr)c2ccc(F)c3c2n1CCCCOCc1c-3c(C)nn1C. The first-order valence-corrected chi connectivity index (χ1v) is 12.3. The monoisotopic (exact) mass is 505 g/mol. The lowest BCUT2D eigenvalue weighted by atomic mass is 9.97. The minimum atomic E-state index is -0.353. The predicted octanol–water partition coefficient (Wildman–Crippen LogP) is 5.30. The Kier molecular flexibility index (Phi) is 7.00. The molecule has 0 unspecified atom stereocenters. The molecular formula is C24H29BrFN3O3. The number of carbonyl (C=O) groups is 1. The number of aryl methyl sites for hydroxylation is 4. The Balaban J connectivity index is 2.12. The molecule has 172 valence electrons. The molecule has 2 aromatic heterocycles. The van der Waals surface area contributed by atoms with E-state index in [1.165, 1.54) is 6.07 Å². The third-order valence-electron chi connectivity index (χ3n) is 6.06. The third kappa shape index (κ3) is 3.99. The van der Waals surface area contributed by atoms with E-state index in [0.717, 1.165) is 58.0 Å². The van der Waals surface area contributed by atoms with Crippen molar-refractivity contribution in [2.75, 3.05) is 18.5 Å². The summed E-state index contributed by atoms with van der Waals surface area (Å²) in [5, 5.41) is 6.29. The molecule has 0 bridgehead atoms. The van der Waals surface area contributed by atoms with Gasteiger partial charge in [0.2, 0.25) is 0 Å². The van der Waals surface area contributed by atoms with Crippen LogP contribution in [0.4, 0.5) is 4.39 Å². The lowest BCUT2D eigenvalue weighted by Gasteiger charge is -2.14. The van der Waals surface area contributed by atoms with Gasteiger partial charge in [-0.15, -0.1) is 0 Å². The molecule has 0 fully saturated rings. The number of hydrogen-bond acceptors (Lipinski definition) is 4. The van der Waals surface area contributed by atoms with Gasteiger partial charge in [-0.2, -0.15) is 5.10 Å². The summed E-state index contributed by atoms with van der Waals surface area (Å²) in [5.74, 6) is -0.677. The van der Waals surface area contributed by atoms with E-state index in [2.05, 4.69) is 21.0 Å². The summed E-state index contributed by atoms with van der Waals surface area (Å²) in [5.41, 5.74) is 5.03. The van der Waals surface area contributed by atoms with Gasteiger partial charge in [0.1, 0.15) is 11.5 Å². The van der Waals surface area contributed by atoms with E-state index in [9.17, 15) is 4.79 Å². The highest BCUT2D eigenvalue weighted by Gasteiger charge is 2.29. The van der Waals surface area contributed by atoms with Crippen LogP contribution >= 0.6 is 15.9 Å². The van der Waals surface area contributed by atoms with Crippen molar-refractivity contribution in [1.29, 1.82) is 0 Å². The minimum absolute atomic E-state index is 0.291. The number of halogens is 2. The van der Waals surface area contributed by atoms with Crippen LogP contribution in [0.5, 0.6) is 0 Å². The maximum absolute atomic E-state index is 15.6. The molecule has 1 aromatic carbocycles. The van der Waals surface area contributed by atoms with Crippen LogP contribution in [0.3, 0.4) is 0 Å². The van der Waals surface area contributed by atoms with Gasteiger partial charge in [0.25, 0.3) is 0 Å². The van der Waals surface area contributed by atoms with Crippen LogP contribution < -0.4 is 0 Å². The van der Waals surface area contributed by atoms with Gasteiger partial charge in [0.15, 0.2) is 0 Å². The molecular weight excluding hydrogens is 477 g/mol. The molecule has 1 aliphatic heterocycles. The molecule has 4 rings (SSSR count). The highest BCUT2D eigenvalue weighted by Crippen LogP contribution is 2.40. The van der Waals surface area contributed by atoms with E-state index in [1.54, 1.807) is 17.7 Å². The second-order valence-corrected chi connectivity index (χ2v) is 8.89. The van der Waals surface area contributed by atoms with Crippen molar-refractivity contribution in [1.82, 2.24) is 14.3 Å². The summed E-state index contributed by atoms with van der Waals surface area (Å²) < 4.78 is 30.7. The molecule has 0 spiro atoms. The summed E-state index contributed by atoms with van der Waals surface area (Å²) in [4.78, 5) is 13.1. The molecule has 32 heavy (non-hydrogen) atoms. The largest absolute Gasteiger partial charge is 0.461 e. The number of hydrogen-bond donors (Lipinski definition) is 0. The molecule has 6 nitrogen and oxygen atoms in total. The van der Waals surface area contributed by atoms with Crippen molar-refractivity contribution in [3.8, 4) is 11.1 Å². The van der Waals surface area contributed by atoms with E-state index >= 15 is 4.39 Å². The molecule has 0 atom stereocenters. The van der Waals surface area contributed by atoms with Crippen molar-refractivity contribution >= 4 is 32.8 Å². The van der Waals surface area contributed by atoms with E-state index in [-0.39, 0.29) is 11.8 Å². The number of esters is 1. The summed E-state index contributed by atoms with van der Waals surface area (Å²) >= 11 is 3.51. The van der Waals surface area contributed by atoms with Crippen LogP contribution in [0, 0.1) is 12.7 Å². The maximum Gasteiger partial charge on any atom is 0.355 e. The standard InChI is InChI=1S/C24H29BrFN3O3/c1-4-32-24(30)23-16(8-7-11-25)17-9-10-18(26)21-20-15(2)27-28(3)19(20)14-31-13-6-5-12-29(23)22(17)21/h9-10H,4-8,11-14H2,1-3H3. The Morgan fingerprint density at radius 2 is 2.12 bits per heavy atom. The molecule has 0 radical (unpaired) electrons. The Morgan fingerprint density at radius 1 is 1.31 bits per heavy atom. The first kappa shape index (κ1) is 23.0. The number of carbonyl (C=O) groups excluding carboxylic acids is 1. The van der Waals surface area contributed by atoms with Crippen LogP contribution in [-0.4, -0.2) is 38.9 Å². The summed E-state index contributed by atoms with van der Waals surface area (Å²) in [7, 11) is 1.86. The molecule has 0 N–H and O–H groups in total. The Hall–Kier alpha value is -2.19. The van der Waals surface area contributed by atoms with Crippen molar-refractivity contribution in [3.63, 3.8) is 0 Å². The highest BCUT2D eigenvalue weighted by atomic mass is 79.9. The van der Waals surface area contributed by atoms with E-state index in [1.807, 2.05) is 18.5 Å². The number of aromatic nitrogens is 3.